The number of para-hydroxylation sites is 1. The van der Waals surface area contributed by atoms with Gasteiger partial charge in [-0.3, -0.25) is 10.1 Å². The first-order valence-electron chi connectivity index (χ1n) is 6.81. The minimum absolute atomic E-state index is 0.0285. The van der Waals surface area contributed by atoms with Gasteiger partial charge >= 0.3 is 5.69 Å². The van der Waals surface area contributed by atoms with Gasteiger partial charge in [0.25, 0.3) is 5.88 Å². The van der Waals surface area contributed by atoms with Crippen molar-refractivity contribution in [3.63, 3.8) is 0 Å². The summed E-state index contributed by atoms with van der Waals surface area (Å²) in [6, 6.07) is 8.74. The fourth-order valence-corrected chi connectivity index (χ4v) is 2.41. The standard InChI is InChI=1S/C15H15N3O3/c1-10-7-8-12(18(19)20)15(17-10)21-13-6-2-4-11-5-3-9-16-14(11)13/h2,4,6-8,16H,3,5,9H2,1H3. The number of nitro groups is 1. The summed E-state index contributed by atoms with van der Waals surface area (Å²) in [7, 11) is 0. The minimum Gasteiger partial charge on any atom is -0.431 e. The summed E-state index contributed by atoms with van der Waals surface area (Å²) in [5.74, 6) is 0.606. The van der Waals surface area contributed by atoms with Gasteiger partial charge in [-0.2, -0.15) is 0 Å². The normalized spacial score (nSPS) is 13.2. The average molecular weight is 285 g/mol. The Bertz CT molecular complexity index is 701. The summed E-state index contributed by atoms with van der Waals surface area (Å²) in [6.07, 6.45) is 2.04. The number of ether oxygens (including phenoxy) is 1. The van der Waals surface area contributed by atoms with Crippen LogP contribution in [0.4, 0.5) is 11.4 Å². The predicted octanol–water partition coefficient (Wildman–Crippen LogP) is 3.45. The highest BCUT2D eigenvalue weighted by atomic mass is 16.6. The molecule has 0 spiro atoms. The molecule has 0 atom stereocenters. The lowest BCUT2D eigenvalue weighted by molar-refractivity contribution is -0.386. The van der Waals surface area contributed by atoms with Gasteiger partial charge in [0.1, 0.15) is 0 Å². The molecule has 0 unspecified atom stereocenters. The van der Waals surface area contributed by atoms with Gasteiger partial charge in [0.2, 0.25) is 0 Å². The first-order valence-corrected chi connectivity index (χ1v) is 6.81. The summed E-state index contributed by atoms with van der Waals surface area (Å²) in [5.41, 5.74) is 2.61. The smallest absolute Gasteiger partial charge is 0.331 e. The molecule has 6 nitrogen and oxygen atoms in total. The lowest BCUT2D eigenvalue weighted by Gasteiger charge is -2.20. The van der Waals surface area contributed by atoms with Gasteiger partial charge in [-0.25, -0.2) is 4.98 Å². The monoisotopic (exact) mass is 285 g/mol. The van der Waals surface area contributed by atoms with Gasteiger partial charge in [0.15, 0.2) is 5.75 Å². The summed E-state index contributed by atoms with van der Waals surface area (Å²) < 4.78 is 5.73. The van der Waals surface area contributed by atoms with Crippen molar-refractivity contribution in [3.8, 4) is 11.6 Å². The van der Waals surface area contributed by atoms with E-state index in [9.17, 15) is 10.1 Å². The Kier molecular flexibility index (Phi) is 3.43. The number of nitrogens with zero attached hydrogens (tertiary/aromatic N) is 2. The lowest BCUT2D eigenvalue weighted by Crippen LogP contribution is -2.12. The van der Waals surface area contributed by atoms with Crippen LogP contribution < -0.4 is 10.1 Å². The van der Waals surface area contributed by atoms with Crippen LogP contribution in [0, 0.1) is 17.0 Å². The zero-order valence-electron chi connectivity index (χ0n) is 11.6. The van der Waals surface area contributed by atoms with Crippen LogP contribution in [0.25, 0.3) is 0 Å². The largest absolute Gasteiger partial charge is 0.431 e. The third kappa shape index (κ3) is 2.65. The second-order valence-corrected chi connectivity index (χ2v) is 4.96. The van der Waals surface area contributed by atoms with Crippen LogP contribution in [-0.4, -0.2) is 16.5 Å². The molecule has 108 valence electrons. The van der Waals surface area contributed by atoms with E-state index < -0.39 is 4.92 Å². The second kappa shape index (κ2) is 5.40. The molecular formula is C15H15N3O3. The van der Waals surface area contributed by atoms with Crippen LogP contribution in [-0.2, 0) is 6.42 Å². The Morgan fingerprint density at radius 3 is 3.00 bits per heavy atom. The number of aryl methyl sites for hydroxylation is 2. The highest BCUT2D eigenvalue weighted by molar-refractivity contribution is 5.64. The van der Waals surface area contributed by atoms with E-state index >= 15 is 0 Å². The van der Waals surface area contributed by atoms with Gasteiger partial charge in [-0.1, -0.05) is 12.1 Å². The van der Waals surface area contributed by atoms with E-state index in [0.717, 1.165) is 30.6 Å². The third-order valence-corrected chi connectivity index (χ3v) is 3.42. The molecule has 6 heteroatoms. The quantitative estimate of drug-likeness (QED) is 0.690. The van der Waals surface area contributed by atoms with Crippen molar-refractivity contribution in [2.75, 3.05) is 11.9 Å². The number of aromatic nitrogens is 1. The van der Waals surface area contributed by atoms with Crippen molar-refractivity contribution in [1.29, 1.82) is 0 Å². The Balaban J connectivity index is 2.01. The molecule has 0 bridgehead atoms. The molecule has 0 saturated heterocycles. The number of hydrogen-bond donors (Lipinski definition) is 1. The Hall–Kier alpha value is -2.63. The maximum absolute atomic E-state index is 11.1. The van der Waals surface area contributed by atoms with Gasteiger partial charge in [0, 0.05) is 18.3 Å². The molecule has 1 aromatic heterocycles. The van der Waals surface area contributed by atoms with Gasteiger partial charge in [-0.05, 0) is 37.5 Å². The molecule has 3 rings (SSSR count). The fourth-order valence-electron chi connectivity index (χ4n) is 2.41. The van der Waals surface area contributed by atoms with E-state index in [1.54, 1.807) is 19.1 Å². The minimum atomic E-state index is -0.482. The second-order valence-electron chi connectivity index (χ2n) is 4.96. The Morgan fingerprint density at radius 2 is 2.19 bits per heavy atom. The van der Waals surface area contributed by atoms with Gasteiger partial charge < -0.3 is 10.1 Å². The first kappa shape index (κ1) is 13.4. The highest BCUT2D eigenvalue weighted by Gasteiger charge is 2.20. The summed E-state index contributed by atoms with van der Waals surface area (Å²) in [6.45, 7) is 2.64. The molecule has 0 radical (unpaired) electrons. The van der Waals surface area contributed by atoms with E-state index in [4.69, 9.17) is 4.74 Å². The molecule has 21 heavy (non-hydrogen) atoms. The van der Waals surface area contributed by atoms with E-state index in [1.807, 2.05) is 12.1 Å². The van der Waals surface area contributed by atoms with Crippen LogP contribution in [0.5, 0.6) is 11.6 Å². The van der Waals surface area contributed by atoms with E-state index in [2.05, 4.69) is 10.3 Å². The topological polar surface area (TPSA) is 77.3 Å². The SMILES string of the molecule is Cc1ccc([N+](=O)[O-])c(Oc2cccc3c2NCCC3)n1. The number of anilines is 1. The van der Waals surface area contributed by atoms with Crippen LogP contribution >= 0.6 is 0 Å². The molecule has 0 saturated carbocycles. The van der Waals surface area contributed by atoms with Crippen LogP contribution in [0.15, 0.2) is 30.3 Å². The number of benzene rings is 1. The zero-order chi connectivity index (χ0) is 14.8. The lowest BCUT2D eigenvalue weighted by atomic mass is 10.0. The van der Waals surface area contributed by atoms with Crippen molar-refractivity contribution in [1.82, 2.24) is 4.98 Å². The van der Waals surface area contributed by atoms with E-state index in [0.29, 0.717) is 11.4 Å². The molecule has 2 heterocycles. The first-order chi connectivity index (χ1) is 10.1. The van der Waals surface area contributed by atoms with Crippen molar-refractivity contribution in [2.45, 2.75) is 19.8 Å². The molecule has 0 amide bonds. The summed E-state index contributed by atoms with van der Waals surface area (Å²) in [4.78, 5) is 14.7. The van der Waals surface area contributed by atoms with Crippen LogP contribution in [0.1, 0.15) is 17.7 Å². The number of fused-ring (bicyclic) bond motifs is 1. The van der Waals surface area contributed by atoms with Gasteiger partial charge in [0.05, 0.1) is 10.6 Å². The molecule has 0 fully saturated rings. The van der Waals surface area contributed by atoms with Crippen LogP contribution in [0.2, 0.25) is 0 Å². The molecule has 1 aromatic carbocycles. The number of rotatable bonds is 3. The average Bonchev–Trinajstić information content (AvgIpc) is 2.47. The zero-order valence-corrected chi connectivity index (χ0v) is 11.6. The molecule has 0 aliphatic carbocycles. The van der Waals surface area contributed by atoms with Crippen molar-refractivity contribution in [2.24, 2.45) is 0 Å². The third-order valence-electron chi connectivity index (χ3n) is 3.42. The Morgan fingerprint density at radius 1 is 1.33 bits per heavy atom. The van der Waals surface area contributed by atoms with Gasteiger partial charge in [-0.15, -0.1) is 0 Å². The van der Waals surface area contributed by atoms with E-state index in [-0.39, 0.29) is 11.6 Å². The molecule has 1 aliphatic heterocycles. The summed E-state index contributed by atoms with van der Waals surface area (Å²) in [5, 5.41) is 14.4. The number of nitrogens with one attached hydrogen (secondary N) is 1. The number of hydrogen-bond acceptors (Lipinski definition) is 5. The maximum atomic E-state index is 11.1. The maximum Gasteiger partial charge on any atom is 0.331 e. The predicted molar refractivity (Wildman–Crippen MR) is 79.0 cm³/mol. The Labute approximate surface area is 121 Å². The summed E-state index contributed by atoms with van der Waals surface area (Å²) >= 11 is 0. The molecule has 2 aromatic rings. The van der Waals surface area contributed by atoms with E-state index in [1.165, 1.54) is 6.07 Å². The van der Waals surface area contributed by atoms with Crippen molar-refractivity contribution < 1.29 is 9.66 Å². The number of pyridine rings is 1. The fraction of sp³-hybridized carbons (Fsp3) is 0.267. The molecule has 1 aliphatic rings. The highest BCUT2D eigenvalue weighted by Crippen LogP contribution is 2.37. The van der Waals surface area contributed by atoms with Crippen LogP contribution in [0.3, 0.4) is 0 Å². The molecule has 1 N–H and O–H groups in total. The van der Waals surface area contributed by atoms with Crippen molar-refractivity contribution in [3.05, 3.63) is 51.7 Å². The molecular weight excluding hydrogens is 270 g/mol. The van der Waals surface area contributed by atoms with Crippen molar-refractivity contribution >= 4 is 11.4 Å².